The molecule has 0 atom stereocenters. The van der Waals surface area contributed by atoms with Gasteiger partial charge in [-0.1, -0.05) is 12.1 Å². The van der Waals surface area contributed by atoms with E-state index >= 15 is 0 Å². The number of carbonyl (C=O) groups is 1. The molecule has 0 unspecified atom stereocenters. The van der Waals surface area contributed by atoms with Crippen LogP contribution in [0.3, 0.4) is 0 Å². The predicted molar refractivity (Wildman–Crippen MR) is 114 cm³/mol. The molecule has 0 N–H and O–H groups in total. The Hall–Kier alpha value is -3.19. The van der Waals surface area contributed by atoms with Gasteiger partial charge in [0.25, 0.3) is 0 Å². The molecule has 4 aromatic rings. The molecule has 0 saturated heterocycles. The molecule has 0 aliphatic heterocycles. The van der Waals surface area contributed by atoms with Gasteiger partial charge >= 0.3 is 0 Å². The molecule has 2 heterocycles. The van der Waals surface area contributed by atoms with Crippen LogP contribution in [-0.2, 0) is 26.3 Å². The van der Waals surface area contributed by atoms with Crippen LogP contribution in [0.5, 0.6) is 0 Å². The lowest BCUT2D eigenvalue weighted by Crippen LogP contribution is -2.23. The van der Waals surface area contributed by atoms with Crippen LogP contribution in [0.1, 0.15) is 33.0 Å². The van der Waals surface area contributed by atoms with Gasteiger partial charge in [-0.15, -0.1) is 11.3 Å². The van der Waals surface area contributed by atoms with Crippen LogP contribution in [0, 0.1) is 11.6 Å². The van der Waals surface area contributed by atoms with Crippen molar-refractivity contribution in [3.8, 4) is 16.1 Å². The summed E-state index contributed by atoms with van der Waals surface area (Å²) in [4.78, 5) is 18.4. The molecule has 0 amide bonds. The van der Waals surface area contributed by atoms with Crippen molar-refractivity contribution in [3.05, 3.63) is 88.6 Å². The first kappa shape index (κ1) is 19.8. The lowest BCUT2D eigenvalue weighted by Gasteiger charge is -2.07. The number of nitrogens with zero attached hydrogens (tertiary/aromatic N) is 3. The number of thiazole rings is 1. The van der Waals surface area contributed by atoms with Gasteiger partial charge in [0.1, 0.15) is 29.7 Å². The second kappa shape index (κ2) is 7.81. The zero-order valence-corrected chi connectivity index (χ0v) is 17.8. The number of halogens is 2. The van der Waals surface area contributed by atoms with Gasteiger partial charge in [0, 0.05) is 17.5 Å². The summed E-state index contributed by atoms with van der Waals surface area (Å²) in [6, 6.07) is 9.99. The highest BCUT2D eigenvalue weighted by Crippen LogP contribution is 2.38. The molecule has 0 radical (unpaired) electrons. The summed E-state index contributed by atoms with van der Waals surface area (Å²) in [6.45, 7) is 0. The van der Waals surface area contributed by atoms with Crippen LogP contribution in [0.15, 0.2) is 55.1 Å². The van der Waals surface area contributed by atoms with Gasteiger partial charge < -0.3 is 0 Å². The third-order valence-electron chi connectivity index (χ3n) is 5.60. The Balaban J connectivity index is 1.52. The van der Waals surface area contributed by atoms with Gasteiger partial charge in [0.05, 0.1) is 17.6 Å². The van der Waals surface area contributed by atoms with E-state index in [2.05, 4.69) is 23.2 Å². The van der Waals surface area contributed by atoms with Crippen molar-refractivity contribution >= 4 is 17.1 Å². The Morgan fingerprint density at radius 1 is 1.19 bits per heavy atom. The molecule has 7 heteroatoms. The van der Waals surface area contributed by atoms with Crippen LogP contribution >= 0.6 is 11.3 Å². The second-order valence-electron chi connectivity index (χ2n) is 7.78. The summed E-state index contributed by atoms with van der Waals surface area (Å²) >= 11 is 1.32. The van der Waals surface area contributed by atoms with E-state index in [0.29, 0.717) is 5.01 Å². The summed E-state index contributed by atoms with van der Waals surface area (Å²) < 4.78 is 32.0. The van der Waals surface area contributed by atoms with Crippen molar-refractivity contribution in [2.45, 2.75) is 25.7 Å². The molecule has 2 aromatic heterocycles. The quantitative estimate of drug-likeness (QED) is 0.346. The average Bonchev–Trinajstić information content (AvgIpc) is 3.34. The first-order valence-electron chi connectivity index (χ1n) is 10.1. The normalized spacial score (nSPS) is 12.9. The number of aromatic nitrogens is 3. The number of rotatable bonds is 4. The molecular formula is C24H20F2N3OS+. The molecular weight excluding hydrogens is 416 g/mol. The molecule has 0 fully saturated rings. The Kier molecular flexibility index (Phi) is 4.98. The summed E-state index contributed by atoms with van der Waals surface area (Å²) in [6.07, 6.45) is 8.28. The van der Waals surface area contributed by atoms with Crippen LogP contribution in [0.4, 0.5) is 8.78 Å². The maximum absolute atomic E-state index is 14.0. The number of hydrogen-bond donors (Lipinski definition) is 0. The third kappa shape index (κ3) is 3.70. The topological polar surface area (TPSA) is 38.8 Å². The summed E-state index contributed by atoms with van der Waals surface area (Å²) in [7, 11) is 1.97. The minimum Gasteiger partial charge on any atom is -0.291 e. The van der Waals surface area contributed by atoms with E-state index in [9.17, 15) is 13.6 Å². The van der Waals surface area contributed by atoms with Crippen molar-refractivity contribution in [1.82, 2.24) is 9.55 Å². The van der Waals surface area contributed by atoms with Gasteiger partial charge in [-0.25, -0.2) is 22.9 Å². The first-order chi connectivity index (χ1) is 15.0. The van der Waals surface area contributed by atoms with Crippen molar-refractivity contribution in [1.29, 1.82) is 0 Å². The maximum Gasteiger partial charge on any atom is 0.248 e. The molecule has 31 heavy (non-hydrogen) atoms. The van der Waals surface area contributed by atoms with E-state index in [1.165, 1.54) is 35.1 Å². The van der Waals surface area contributed by atoms with E-state index in [1.54, 1.807) is 0 Å². The summed E-state index contributed by atoms with van der Waals surface area (Å²) in [5.41, 5.74) is 4.01. The molecule has 5 rings (SSSR count). The number of benzene rings is 2. The molecule has 0 saturated carbocycles. The number of imidazole rings is 1. The monoisotopic (exact) mass is 436 g/mol. The highest BCUT2D eigenvalue weighted by atomic mass is 32.1. The van der Waals surface area contributed by atoms with Gasteiger partial charge in [-0.05, 0) is 49.1 Å². The number of ketones is 1. The van der Waals surface area contributed by atoms with E-state index in [1.807, 2.05) is 34.9 Å². The number of hydrogen-bond acceptors (Lipinski definition) is 3. The highest BCUT2D eigenvalue weighted by Gasteiger charge is 2.24. The Bertz CT molecular complexity index is 1290. The van der Waals surface area contributed by atoms with Gasteiger partial charge in [-0.3, -0.25) is 4.79 Å². The molecule has 1 aliphatic rings. The Morgan fingerprint density at radius 3 is 2.74 bits per heavy atom. The van der Waals surface area contributed by atoms with E-state index in [4.69, 9.17) is 0 Å². The van der Waals surface area contributed by atoms with Crippen LogP contribution in [0.25, 0.3) is 16.1 Å². The van der Waals surface area contributed by atoms with Crippen LogP contribution in [-0.4, -0.2) is 15.3 Å². The van der Waals surface area contributed by atoms with Gasteiger partial charge in [0.15, 0.2) is 10.8 Å². The lowest BCUT2D eigenvalue weighted by molar-refractivity contribution is -0.670. The van der Waals surface area contributed by atoms with Crippen molar-refractivity contribution in [3.63, 3.8) is 0 Å². The van der Waals surface area contributed by atoms with E-state index in [0.717, 1.165) is 41.1 Å². The number of Topliss-reactive ketones (excluding diaryl/α,β-unsaturated/α-hetero) is 1. The van der Waals surface area contributed by atoms with Crippen LogP contribution < -0.4 is 4.57 Å². The molecule has 4 nitrogen and oxygen atoms in total. The number of aryl methyl sites for hydroxylation is 3. The number of fused-ring (bicyclic) bond motifs is 3. The standard InChI is InChI=1S/C24H20F2N3OS/c1-28-10-11-29(14-28)16-9-8-15-4-2-7-21-23(17(15)12-16)31-24(27-21)22(30)13-18-19(25)5-3-6-20(18)26/h3,5-6,8-12,14H,2,4,7,13H2,1H3/q+1. The fourth-order valence-electron chi connectivity index (χ4n) is 3.99. The first-order valence-corrected chi connectivity index (χ1v) is 10.9. The third-order valence-corrected chi connectivity index (χ3v) is 6.77. The SMILES string of the molecule is C[n+]1ccn(-c2ccc3c(c2)-c2sc(C(=O)Cc4c(F)cccc4F)nc2CCC3)c1. The summed E-state index contributed by atoms with van der Waals surface area (Å²) in [5.74, 6) is -1.78. The van der Waals surface area contributed by atoms with Crippen molar-refractivity contribution in [2.75, 3.05) is 0 Å². The minimum absolute atomic E-state index is 0.207. The molecule has 1 aliphatic carbocycles. The Labute approximate surface area is 182 Å². The largest absolute Gasteiger partial charge is 0.291 e. The smallest absolute Gasteiger partial charge is 0.248 e. The molecule has 0 spiro atoms. The zero-order valence-electron chi connectivity index (χ0n) is 16.9. The van der Waals surface area contributed by atoms with Gasteiger partial charge in [0.2, 0.25) is 6.33 Å². The zero-order chi connectivity index (χ0) is 21.5. The van der Waals surface area contributed by atoms with Crippen LogP contribution in [0.2, 0.25) is 0 Å². The lowest BCUT2D eigenvalue weighted by atomic mass is 10.0. The molecule has 2 aromatic carbocycles. The Morgan fingerprint density at radius 2 is 2.00 bits per heavy atom. The summed E-state index contributed by atoms with van der Waals surface area (Å²) in [5, 5.41) is 0.304. The molecule has 156 valence electrons. The molecule has 0 bridgehead atoms. The number of carbonyl (C=O) groups excluding carboxylic acids is 1. The second-order valence-corrected chi connectivity index (χ2v) is 8.78. The predicted octanol–water partition coefficient (Wildman–Crippen LogP) is 4.62. The van der Waals surface area contributed by atoms with E-state index < -0.39 is 11.6 Å². The maximum atomic E-state index is 14.0. The van der Waals surface area contributed by atoms with Gasteiger partial charge in [-0.2, -0.15) is 0 Å². The van der Waals surface area contributed by atoms with Crippen molar-refractivity contribution in [2.24, 2.45) is 7.05 Å². The fourth-order valence-corrected chi connectivity index (χ4v) is 5.09. The minimum atomic E-state index is -0.707. The highest BCUT2D eigenvalue weighted by molar-refractivity contribution is 7.17. The average molecular weight is 437 g/mol. The van der Waals surface area contributed by atoms with E-state index in [-0.39, 0.29) is 17.8 Å². The fraction of sp³-hybridized carbons (Fsp3) is 0.208. The van der Waals surface area contributed by atoms with Crippen molar-refractivity contribution < 1.29 is 18.1 Å².